The number of rotatable bonds is 5. The van der Waals surface area contributed by atoms with Gasteiger partial charge in [0.1, 0.15) is 5.82 Å². The highest BCUT2D eigenvalue weighted by atomic mass is 19.2. The molecule has 4 heteroatoms. The molecule has 0 aliphatic rings. The summed E-state index contributed by atoms with van der Waals surface area (Å²) in [6.45, 7) is 6.35. The summed E-state index contributed by atoms with van der Waals surface area (Å²) in [5.41, 5.74) is 0.156. The Morgan fingerprint density at radius 2 is 1.65 bits per heavy atom. The highest BCUT2D eigenvalue weighted by Gasteiger charge is 2.13. The Morgan fingerprint density at radius 3 is 2.18 bits per heavy atom. The van der Waals surface area contributed by atoms with Crippen LogP contribution in [-0.2, 0) is 6.54 Å². The van der Waals surface area contributed by atoms with Crippen molar-refractivity contribution in [1.82, 2.24) is 5.32 Å². The van der Waals surface area contributed by atoms with Crippen molar-refractivity contribution in [2.24, 2.45) is 5.92 Å². The van der Waals surface area contributed by atoms with Crippen molar-refractivity contribution in [2.75, 3.05) is 0 Å². The molecule has 0 aromatic heterocycles. The Morgan fingerprint density at radius 1 is 1.06 bits per heavy atom. The number of nitrogens with one attached hydrogen (secondary N) is 1. The highest BCUT2D eigenvalue weighted by molar-refractivity contribution is 5.20. The third kappa shape index (κ3) is 3.73. The molecule has 96 valence electrons. The van der Waals surface area contributed by atoms with E-state index >= 15 is 0 Å². The zero-order valence-electron chi connectivity index (χ0n) is 10.4. The van der Waals surface area contributed by atoms with Gasteiger partial charge in [-0.15, -0.1) is 0 Å². The second kappa shape index (κ2) is 6.05. The summed E-state index contributed by atoms with van der Waals surface area (Å²) in [5, 5.41) is 3.14. The van der Waals surface area contributed by atoms with E-state index in [-0.39, 0.29) is 18.2 Å². The molecule has 0 amide bonds. The fourth-order valence-corrected chi connectivity index (χ4v) is 1.79. The molecule has 17 heavy (non-hydrogen) atoms. The first-order chi connectivity index (χ1) is 7.95. The summed E-state index contributed by atoms with van der Waals surface area (Å²) < 4.78 is 39.0. The second-order valence-corrected chi connectivity index (χ2v) is 4.50. The van der Waals surface area contributed by atoms with Crippen molar-refractivity contribution >= 4 is 0 Å². The first kappa shape index (κ1) is 14.0. The van der Waals surface area contributed by atoms with E-state index in [0.29, 0.717) is 12.0 Å². The summed E-state index contributed by atoms with van der Waals surface area (Å²) in [7, 11) is 0. The molecule has 1 rings (SSSR count). The average molecular weight is 245 g/mol. The van der Waals surface area contributed by atoms with Gasteiger partial charge in [0.05, 0.1) is 0 Å². The van der Waals surface area contributed by atoms with Gasteiger partial charge in [-0.3, -0.25) is 0 Å². The minimum Gasteiger partial charge on any atom is -0.310 e. The van der Waals surface area contributed by atoms with Gasteiger partial charge in [0.25, 0.3) is 0 Å². The van der Waals surface area contributed by atoms with Crippen LogP contribution >= 0.6 is 0 Å². The van der Waals surface area contributed by atoms with Crippen LogP contribution in [0.2, 0.25) is 0 Å². The number of hydrogen-bond acceptors (Lipinski definition) is 1. The van der Waals surface area contributed by atoms with Gasteiger partial charge in [-0.1, -0.05) is 20.8 Å². The lowest BCUT2D eigenvalue weighted by Gasteiger charge is -2.20. The van der Waals surface area contributed by atoms with Crippen LogP contribution in [0.25, 0.3) is 0 Å². The molecule has 0 heterocycles. The highest BCUT2D eigenvalue weighted by Crippen LogP contribution is 2.14. The van der Waals surface area contributed by atoms with Gasteiger partial charge in [0, 0.05) is 24.2 Å². The molecule has 0 saturated carbocycles. The Balaban J connectivity index is 2.72. The van der Waals surface area contributed by atoms with E-state index in [9.17, 15) is 13.2 Å². The molecule has 0 saturated heterocycles. The van der Waals surface area contributed by atoms with E-state index in [1.165, 1.54) is 0 Å². The monoisotopic (exact) mass is 245 g/mol. The molecule has 1 nitrogen and oxygen atoms in total. The SMILES string of the molecule is CCC(NCc1cc(F)c(F)cc1F)C(C)C. The van der Waals surface area contributed by atoms with Crippen molar-refractivity contribution in [1.29, 1.82) is 0 Å². The van der Waals surface area contributed by atoms with Crippen LogP contribution in [0, 0.1) is 23.4 Å². The molecule has 0 bridgehead atoms. The largest absolute Gasteiger partial charge is 0.310 e. The van der Waals surface area contributed by atoms with Crippen LogP contribution < -0.4 is 5.32 Å². The predicted octanol–water partition coefficient (Wildman–Crippen LogP) is 3.63. The Labute approximate surface area is 100 Å². The van der Waals surface area contributed by atoms with Gasteiger partial charge in [-0.25, -0.2) is 13.2 Å². The Hall–Kier alpha value is -1.03. The summed E-state index contributed by atoms with van der Waals surface area (Å²) in [6.07, 6.45) is 0.906. The third-order valence-electron chi connectivity index (χ3n) is 2.89. The first-order valence-electron chi connectivity index (χ1n) is 5.82. The maximum Gasteiger partial charge on any atom is 0.161 e. The van der Waals surface area contributed by atoms with E-state index in [4.69, 9.17) is 0 Å². The third-order valence-corrected chi connectivity index (χ3v) is 2.89. The molecule has 0 aliphatic heterocycles. The average Bonchev–Trinajstić information content (AvgIpc) is 2.25. The maximum absolute atomic E-state index is 13.3. The van der Waals surface area contributed by atoms with E-state index in [1.807, 2.05) is 6.92 Å². The van der Waals surface area contributed by atoms with E-state index in [1.54, 1.807) is 0 Å². The zero-order valence-corrected chi connectivity index (χ0v) is 10.4. The summed E-state index contributed by atoms with van der Waals surface area (Å²) in [6, 6.07) is 1.73. The van der Waals surface area contributed by atoms with Crippen LogP contribution in [0.3, 0.4) is 0 Å². The van der Waals surface area contributed by atoms with Crippen molar-refractivity contribution in [2.45, 2.75) is 39.8 Å². The maximum atomic E-state index is 13.3. The molecule has 0 fully saturated rings. The quantitative estimate of drug-likeness (QED) is 0.781. The molecule has 1 N–H and O–H groups in total. The standard InChI is InChI=1S/C13H18F3N/c1-4-13(8(2)3)17-7-9-5-11(15)12(16)6-10(9)14/h5-6,8,13,17H,4,7H2,1-3H3. The summed E-state index contributed by atoms with van der Waals surface area (Å²) >= 11 is 0. The molecular formula is C13H18F3N. The van der Waals surface area contributed by atoms with Crippen LogP contribution in [0.1, 0.15) is 32.8 Å². The van der Waals surface area contributed by atoms with Crippen LogP contribution in [0.4, 0.5) is 13.2 Å². The van der Waals surface area contributed by atoms with Crippen LogP contribution in [0.15, 0.2) is 12.1 Å². The lowest BCUT2D eigenvalue weighted by atomic mass is 10.0. The van der Waals surface area contributed by atoms with Crippen molar-refractivity contribution in [3.8, 4) is 0 Å². The van der Waals surface area contributed by atoms with Crippen LogP contribution in [-0.4, -0.2) is 6.04 Å². The van der Waals surface area contributed by atoms with Crippen molar-refractivity contribution in [3.63, 3.8) is 0 Å². The summed E-state index contributed by atoms with van der Waals surface area (Å²) in [5.74, 6) is -2.47. The lowest BCUT2D eigenvalue weighted by Crippen LogP contribution is -2.32. The molecular weight excluding hydrogens is 227 g/mol. The first-order valence-corrected chi connectivity index (χ1v) is 5.82. The lowest BCUT2D eigenvalue weighted by molar-refractivity contribution is 0.383. The number of halogens is 3. The number of benzene rings is 1. The minimum absolute atomic E-state index is 0.156. The smallest absolute Gasteiger partial charge is 0.161 e. The van der Waals surface area contributed by atoms with Gasteiger partial charge in [0.2, 0.25) is 0 Å². The molecule has 1 unspecified atom stereocenters. The zero-order chi connectivity index (χ0) is 13.0. The van der Waals surface area contributed by atoms with Crippen LogP contribution in [0.5, 0.6) is 0 Å². The minimum atomic E-state index is -1.15. The molecule has 0 aliphatic carbocycles. The fraction of sp³-hybridized carbons (Fsp3) is 0.538. The van der Waals surface area contributed by atoms with Gasteiger partial charge in [-0.2, -0.15) is 0 Å². The van der Waals surface area contributed by atoms with E-state index in [0.717, 1.165) is 12.5 Å². The Bertz CT molecular complexity index is 377. The van der Waals surface area contributed by atoms with E-state index < -0.39 is 17.5 Å². The van der Waals surface area contributed by atoms with Gasteiger partial charge in [0.15, 0.2) is 11.6 Å². The van der Waals surface area contributed by atoms with E-state index in [2.05, 4.69) is 19.2 Å². The molecule has 1 atom stereocenters. The fourth-order valence-electron chi connectivity index (χ4n) is 1.79. The van der Waals surface area contributed by atoms with Gasteiger partial charge < -0.3 is 5.32 Å². The van der Waals surface area contributed by atoms with Crippen molar-refractivity contribution in [3.05, 3.63) is 35.1 Å². The molecule has 0 radical (unpaired) electrons. The molecule has 1 aromatic carbocycles. The molecule has 0 spiro atoms. The van der Waals surface area contributed by atoms with Crippen molar-refractivity contribution < 1.29 is 13.2 Å². The normalized spacial score (nSPS) is 13.1. The predicted molar refractivity (Wildman–Crippen MR) is 62.1 cm³/mol. The molecule has 1 aromatic rings. The topological polar surface area (TPSA) is 12.0 Å². The van der Waals surface area contributed by atoms with Gasteiger partial charge in [-0.05, 0) is 18.4 Å². The number of hydrogen-bond donors (Lipinski definition) is 1. The van der Waals surface area contributed by atoms with Gasteiger partial charge >= 0.3 is 0 Å². The second-order valence-electron chi connectivity index (χ2n) is 4.50. The Kier molecular flexibility index (Phi) is 5.00. The summed E-state index contributed by atoms with van der Waals surface area (Å²) in [4.78, 5) is 0.